The van der Waals surface area contributed by atoms with Crippen LogP contribution in [0.25, 0.3) is 0 Å². The van der Waals surface area contributed by atoms with E-state index in [0.29, 0.717) is 6.17 Å². The first-order chi connectivity index (χ1) is 5.47. The standard InChI is InChI=1S/C8H14N2S/c1-3-7(11-6-1)8-9-4-2-5-10-8/h4,7-8,10H,1-3,5-6H2. The molecule has 1 saturated heterocycles. The molecule has 0 aliphatic carbocycles. The van der Waals surface area contributed by atoms with Crippen LogP contribution in [0.3, 0.4) is 0 Å². The van der Waals surface area contributed by atoms with Crippen LogP contribution < -0.4 is 5.32 Å². The molecule has 2 aliphatic heterocycles. The van der Waals surface area contributed by atoms with E-state index in [9.17, 15) is 0 Å². The number of hydrogen-bond acceptors (Lipinski definition) is 3. The molecule has 1 N–H and O–H groups in total. The maximum Gasteiger partial charge on any atom is 0.111 e. The quantitative estimate of drug-likeness (QED) is 0.641. The van der Waals surface area contributed by atoms with Crippen LogP contribution in [0.4, 0.5) is 0 Å². The van der Waals surface area contributed by atoms with E-state index >= 15 is 0 Å². The van der Waals surface area contributed by atoms with Crippen molar-refractivity contribution in [3.05, 3.63) is 0 Å². The Morgan fingerprint density at radius 2 is 2.55 bits per heavy atom. The highest BCUT2D eigenvalue weighted by molar-refractivity contribution is 8.00. The number of rotatable bonds is 1. The van der Waals surface area contributed by atoms with E-state index in [4.69, 9.17) is 0 Å². The third kappa shape index (κ3) is 1.76. The first kappa shape index (κ1) is 7.62. The molecule has 62 valence electrons. The molecule has 0 radical (unpaired) electrons. The fraction of sp³-hybridized carbons (Fsp3) is 0.875. The van der Waals surface area contributed by atoms with Gasteiger partial charge in [0.25, 0.3) is 0 Å². The van der Waals surface area contributed by atoms with Crippen LogP contribution in [0.5, 0.6) is 0 Å². The van der Waals surface area contributed by atoms with Crippen LogP contribution in [-0.2, 0) is 0 Å². The van der Waals surface area contributed by atoms with Crippen LogP contribution in [0.2, 0.25) is 0 Å². The Morgan fingerprint density at radius 3 is 3.18 bits per heavy atom. The predicted molar refractivity (Wildman–Crippen MR) is 50.4 cm³/mol. The Bertz CT molecular complexity index is 152. The molecule has 2 aliphatic rings. The Balaban J connectivity index is 1.91. The van der Waals surface area contributed by atoms with Gasteiger partial charge in [-0.1, -0.05) is 0 Å². The van der Waals surface area contributed by atoms with E-state index in [1.165, 1.54) is 18.6 Å². The molecule has 0 aromatic rings. The second-order valence-electron chi connectivity index (χ2n) is 3.07. The number of nitrogens with zero attached hydrogens (tertiary/aromatic N) is 1. The Morgan fingerprint density at radius 1 is 1.55 bits per heavy atom. The monoisotopic (exact) mass is 170 g/mol. The molecule has 0 amide bonds. The van der Waals surface area contributed by atoms with Crippen molar-refractivity contribution in [1.82, 2.24) is 5.32 Å². The number of hydrogen-bond donors (Lipinski definition) is 1. The summed E-state index contributed by atoms with van der Waals surface area (Å²) in [7, 11) is 0. The second-order valence-corrected chi connectivity index (χ2v) is 4.42. The van der Waals surface area contributed by atoms with Gasteiger partial charge in [-0.2, -0.15) is 11.8 Å². The molecule has 2 rings (SSSR count). The Hall–Kier alpha value is -0.0200. The van der Waals surface area contributed by atoms with E-state index in [1.807, 2.05) is 0 Å². The van der Waals surface area contributed by atoms with Gasteiger partial charge in [0.05, 0.1) is 0 Å². The van der Waals surface area contributed by atoms with Gasteiger partial charge in [-0.15, -0.1) is 0 Å². The van der Waals surface area contributed by atoms with Gasteiger partial charge >= 0.3 is 0 Å². The zero-order valence-electron chi connectivity index (χ0n) is 6.62. The van der Waals surface area contributed by atoms with Crippen molar-refractivity contribution in [3.63, 3.8) is 0 Å². The molecule has 0 aromatic carbocycles. The maximum atomic E-state index is 4.45. The molecule has 3 heteroatoms. The van der Waals surface area contributed by atoms with Crippen molar-refractivity contribution in [3.8, 4) is 0 Å². The largest absolute Gasteiger partial charge is 0.295 e. The highest BCUT2D eigenvalue weighted by Crippen LogP contribution is 2.29. The molecule has 0 spiro atoms. The molecule has 2 unspecified atom stereocenters. The maximum absolute atomic E-state index is 4.45. The van der Waals surface area contributed by atoms with Gasteiger partial charge in [-0.05, 0) is 25.0 Å². The predicted octanol–water partition coefficient (Wildman–Crippen LogP) is 1.27. The van der Waals surface area contributed by atoms with E-state index in [0.717, 1.165) is 18.2 Å². The molecule has 2 heterocycles. The topological polar surface area (TPSA) is 24.4 Å². The molecular weight excluding hydrogens is 156 g/mol. The lowest BCUT2D eigenvalue weighted by Gasteiger charge is -2.22. The minimum absolute atomic E-state index is 0.427. The fourth-order valence-corrected chi connectivity index (χ4v) is 2.93. The normalized spacial score (nSPS) is 37.8. The SMILES string of the molecule is C1=NC(C2CCCS2)NCC1. The van der Waals surface area contributed by atoms with Crippen LogP contribution in [0.1, 0.15) is 19.3 Å². The van der Waals surface area contributed by atoms with Crippen molar-refractivity contribution in [2.45, 2.75) is 30.7 Å². The van der Waals surface area contributed by atoms with Gasteiger partial charge in [0.2, 0.25) is 0 Å². The lowest BCUT2D eigenvalue weighted by atomic mass is 10.2. The van der Waals surface area contributed by atoms with Crippen molar-refractivity contribution in [1.29, 1.82) is 0 Å². The average Bonchev–Trinajstić information content (AvgIpc) is 2.58. The first-order valence-corrected chi connectivity index (χ1v) is 5.38. The van der Waals surface area contributed by atoms with Crippen LogP contribution in [0.15, 0.2) is 4.99 Å². The lowest BCUT2D eigenvalue weighted by Crippen LogP contribution is -2.38. The average molecular weight is 170 g/mol. The summed E-state index contributed by atoms with van der Waals surface area (Å²) in [5.41, 5.74) is 0. The summed E-state index contributed by atoms with van der Waals surface area (Å²) in [4.78, 5) is 4.45. The third-order valence-corrected chi connectivity index (χ3v) is 3.66. The Kier molecular flexibility index (Phi) is 2.48. The van der Waals surface area contributed by atoms with Crippen LogP contribution in [0, 0.1) is 0 Å². The fourth-order valence-electron chi connectivity index (χ4n) is 1.62. The van der Waals surface area contributed by atoms with Gasteiger partial charge < -0.3 is 0 Å². The second kappa shape index (κ2) is 3.59. The van der Waals surface area contributed by atoms with Gasteiger partial charge in [-0.25, -0.2) is 0 Å². The summed E-state index contributed by atoms with van der Waals surface area (Å²) in [5, 5.41) is 4.20. The summed E-state index contributed by atoms with van der Waals surface area (Å²) < 4.78 is 0. The molecule has 0 aromatic heterocycles. The summed E-state index contributed by atoms with van der Waals surface area (Å²) >= 11 is 2.07. The van der Waals surface area contributed by atoms with Gasteiger partial charge in [0.1, 0.15) is 6.17 Å². The van der Waals surface area contributed by atoms with E-state index in [1.54, 1.807) is 0 Å². The first-order valence-electron chi connectivity index (χ1n) is 4.33. The van der Waals surface area contributed by atoms with Crippen molar-refractivity contribution < 1.29 is 0 Å². The van der Waals surface area contributed by atoms with Crippen LogP contribution >= 0.6 is 11.8 Å². The van der Waals surface area contributed by atoms with E-state index < -0.39 is 0 Å². The minimum Gasteiger partial charge on any atom is -0.295 e. The summed E-state index contributed by atoms with van der Waals surface area (Å²) in [6, 6.07) is 0. The highest BCUT2D eigenvalue weighted by atomic mass is 32.2. The van der Waals surface area contributed by atoms with E-state index in [-0.39, 0.29) is 0 Å². The number of aliphatic imine (C=N–C) groups is 1. The zero-order valence-corrected chi connectivity index (χ0v) is 7.44. The molecule has 0 bridgehead atoms. The highest BCUT2D eigenvalue weighted by Gasteiger charge is 2.24. The molecule has 11 heavy (non-hydrogen) atoms. The van der Waals surface area contributed by atoms with E-state index in [2.05, 4.69) is 28.3 Å². The minimum atomic E-state index is 0.427. The Labute approximate surface area is 71.9 Å². The smallest absolute Gasteiger partial charge is 0.111 e. The van der Waals surface area contributed by atoms with Crippen molar-refractivity contribution >= 4 is 18.0 Å². The van der Waals surface area contributed by atoms with Gasteiger partial charge in [0.15, 0.2) is 0 Å². The molecular formula is C8H14N2S. The van der Waals surface area contributed by atoms with Gasteiger partial charge in [0, 0.05) is 18.0 Å². The molecule has 2 nitrogen and oxygen atoms in total. The molecule has 1 fully saturated rings. The lowest BCUT2D eigenvalue weighted by molar-refractivity contribution is 0.496. The summed E-state index contributed by atoms with van der Waals surface area (Å²) in [5.74, 6) is 1.33. The van der Waals surface area contributed by atoms with Crippen LogP contribution in [-0.4, -0.2) is 29.9 Å². The molecule has 2 atom stereocenters. The van der Waals surface area contributed by atoms with Crippen molar-refractivity contribution in [2.75, 3.05) is 12.3 Å². The summed E-state index contributed by atoms with van der Waals surface area (Å²) in [6.07, 6.45) is 6.33. The zero-order chi connectivity index (χ0) is 7.52. The number of nitrogens with one attached hydrogen (secondary N) is 1. The summed E-state index contributed by atoms with van der Waals surface area (Å²) in [6.45, 7) is 1.12. The third-order valence-electron chi connectivity index (χ3n) is 2.21. The van der Waals surface area contributed by atoms with Gasteiger partial charge in [-0.3, -0.25) is 10.3 Å². The van der Waals surface area contributed by atoms with Crippen molar-refractivity contribution in [2.24, 2.45) is 4.99 Å². The number of thioether (sulfide) groups is 1. The molecule has 0 saturated carbocycles.